The first-order chi connectivity index (χ1) is 7.83. The molecule has 3 rings (SSSR count). The number of aromatic nitrogens is 2. The third kappa shape index (κ3) is 1.71. The Kier molecular flexibility index (Phi) is 2.40. The number of aromatic amines is 1. The highest BCUT2D eigenvalue weighted by molar-refractivity contribution is 5.77. The number of hydrogen-bond donors (Lipinski definition) is 2. The Balaban J connectivity index is 1.97. The molecule has 0 bridgehead atoms. The van der Waals surface area contributed by atoms with E-state index < -0.39 is 0 Å². The minimum atomic E-state index is 0.677. The topological polar surface area (TPSA) is 40.7 Å². The maximum atomic E-state index is 4.43. The van der Waals surface area contributed by atoms with Crippen LogP contribution in [0.15, 0.2) is 18.3 Å². The second-order valence-corrected chi connectivity index (χ2v) is 4.70. The lowest BCUT2D eigenvalue weighted by Gasteiger charge is -2.21. The summed E-state index contributed by atoms with van der Waals surface area (Å²) in [5.41, 5.74) is 3.61. The van der Waals surface area contributed by atoms with Gasteiger partial charge in [-0.3, -0.25) is 0 Å². The van der Waals surface area contributed by atoms with E-state index >= 15 is 0 Å². The molecule has 1 fully saturated rings. The Morgan fingerprint density at radius 3 is 2.88 bits per heavy atom. The molecule has 0 atom stereocenters. The molecular weight excluding hydrogens is 198 g/mol. The molecule has 0 spiro atoms. The van der Waals surface area contributed by atoms with Crippen LogP contribution in [-0.4, -0.2) is 23.1 Å². The van der Waals surface area contributed by atoms with E-state index in [0.29, 0.717) is 5.92 Å². The minimum absolute atomic E-state index is 0.677. The fourth-order valence-electron chi connectivity index (χ4n) is 2.50. The molecule has 84 valence electrons. The summed E-state index contributed by atoms with van der Waals surface area (Å²) < 4.78 is 0. The zero-order valence-corrected chi connectivity index (χ0v) is 9.59. The van der Waals surface area contributed by atoms with Crippen molar-refractivity contribution in [1.82, 2.24) is 15.3 Å². The predicted molar refractivity (Wildman–Crippen MR) is 65.7 cm³/mol. The van der Waals surface area contributed by atoms with Gasteiger partial charge < -0.3 is 10.3 Å². The molecule has 1 aliphatic heterocycles. The molecule has 3 heteroatoms. The Hall–Kier alpha value is -1.35. The van der Waals surface area contributed by atoms with Crippen LogP contribution in [0, 0.1) is 6.92 Å². The van der Waals surface area contributed by atoms with Gasteiger partial charge in [-0.05, 0) is 50.6 Å². The van der Waals surface area contributed by atoms with Crippen molar-refractivity contribution in [2.75, 3.05) is 13.1 Å². The average Bonchev–Trinajstić information content (AvgIpc) is 2.73. The van der Waals surface area contributed by atoms with Gasteiger partial charge in [0.25, 0.3) is 0 Å². The van der Waals surface area contributed by atoms with Crippen LogP contribution in [0.4, 0.5) is 0 Å². The summed E-state index contributed by atoms with van der Waals surface area (Å²) >= 11 is 0. The Labute approximate surface area is 95.3 Å². The summed E-state index contributed by atoms with van der Waals surface area (Å²) in [6, 6.07) is 4.47. The summed E-state index contributed by atoms with van der Waals surface area (Å²) in [4.78, 5) is 7.88. The Morgan fingerprint density at radius 1 is 1.25 bits per heavy atom. The second kappa shape index (κ2) is 3.91. The van der Waals surface area contributed by atoms with Crippen molar-refractivity contribution < 1.29 is 0 Å². The molecule has 2 aromatic rings. The maximum Gasteiger partial charge on any atom is 0.137 e. The van der Waals surface area contributed by atoms with E-state index in [1.807, 2.05) is 6.20 Å². The molecular formula is C13H17N3. The van der Waals surface area contributed by atoms with Crippen LogP contribution in [0.5, 0.6) is 0 Å². The standard InChI is InChI=1S/C13H17N3/c1-9-6-11-7-12(16-13(11)15-8-9)10-2-4-14-5-3-10/h6-8,10,14H,2-5H2,1H3,(H,15,16). The number of fused-ring (bicyclic) bond motifs is 1. The van der Waals surface area contributed by atoms with E-state index in [4.69, 9.17) is 0 Å². The number of pyridine rings is 1. The average molecular weight is 215 g/mol. The molecule has 1 aliphatic rings. The van der Waals surface area contributed by atoms with Crippen LogP contribution in [-0.2, 0) is 0 Å². The zero-order chi connectivity index (χ0) is 11.0. The number of hydrogen-bond acceptors (Lipinski definition) is 2. The second-order valence-electron chi connectivity index (χ2n) is 4.70. The highest BCUT2D eigenvalue weighted by Gasteiger charge is 2.17. The lowest BCUT2D eigenvalue weighted by molar-refractivity contribution is 0.455. The van der Waals surface area contributed by atoms with Crippen LogP contribution in [0.1, 0.15) is 30.0 Å². The van der Waals surface area contributed by atoms with Crippen LogP contribution in [0.25, 0.3) is 11.0 Å². The van der Waals surface area contributed by atoms with E-state index in [9.17, 15) is 0 Å². The molecule has 16 heavy (non-hydrogen) atoms. The van der Waals surface area contributed by atoms with Crippen molar-refractivity contribution in [3.8, 4) is 0 Å². The van der Waals surface area contributed by atoms with Gasteiger partial charge in [-0.25, -0.2) is 4.98 Å². The molecule has 0 unspecified atom stereocenters. The smallest absolute Gasteiger partial charge is 0.137 e. The minimum Gasteiger partial charge on any atom is -0.343 e. The summed E-state index contributed by atoms with van der Waals surface area (Å²) in [5.74, 6) is 0.677. The molecule has 0 amide bonds. The first kappa shape index (κ1) is 9.85. The largest absolute Gasteiger partial charge is 0.343 e. The Bertz CT molecular complexity index is 495. The normalized spacial score (nSPS) is 18.1. The lowest BCUT2D eigenvalue weighted by Crippen LogP contribution is -2.26. The number of rotatable bonds is 1. The fraction of sp³-hybridized carbons (Fsp3) is 0.462. The predicted octanol–water partition coefficient (Wildman–Crippen LogP) is 2.34. The van der Waals surface area contributed by atoms with Gasteiger partial charge in [0, 0.05) is 23.2 Å². The summed E-state index contributed by atoms with van der Waals surface area (Å²) in [6.07, 6.45) is 4.38. The van der Waals surface area contributed by atoms with Crippen molar-refractivity contribution in [3.63, 3.8) is 0 Å². The highest BCUT2D eigenvalue weighted by atomic mass is 14.9. The van der Waals surface area contributed by atoms with Crippen LogP contribution >= 0.6 is 0 Å². The monoisotopic (exact) mass is 215 g/mol. The number of H-pyrrole nitrogens is 1. The summed E-state index contributed by atoms with van der Waals surface area (Å²) in [5, 5.41) is 4.64. The van der Waals surface area contributed by atoms with Crippen molar-refractivity contribution in [2.45, 2.75) is 25.7 Å². The number of nitrogens with zero attached hydrogens (tertiary/aromatic N) is 1. The fourth-order valence-corrected chi connectivity index (χ4v) is 2.50. The van der Waals surface area contributed by atoms with Gasteiger partial charge in [0.15, 0.2) is 0 Å². The lowest BCUT2D eigenvalue weighted by atomic mass is 9.95. The van der Waals surface area contributed by atoms with Gasteiger partial charge in [-0.1, -0.05) is 0 Å². The maximum absolute atomic E-state index is 4.43. The number of aryl methyl sites for hydroxylation is 1. The van der Waals surface area contributed by atoms with Crippen molar-refractivity contribution in [2.24, 2.45) is 0 Å². The van der Waals surface area contributed by atoms with Gasteiger partial charge in [0.2, 0.25) is 0 Å². The molecule has 0 aromatic carbocycles. The summed E-state index contributed by atoms with van der Waals surface area (Å²) in [7, 11) is 0. The summed E-state index contributed by atoms with van der Waals surface area (Å²) in [6.45, 7) is 4.35. The molecule has 3 heterocycles. The van der Waals surface area contributed by atoms with Gasteiger partial charge in [-0.2, -0.15) is 0 Å². The first-order valence-corrected chi connectivity index (χ1v) is 5.99. The van der Waals surface area contributed by atoms with E-state index in [0.717, 1.165) is 18.7 Å². The molecule has 0 aliphatic carbocycles. The van der Waals surface area contributed by atoms with Gasteiger partial charge >= 0.3 is 0 Å². The third-order valence-electron chi connectivity index (χ3n) is 3.41. The number of nitrogens with one attached hydrogen (secondary N) is 2. The SMILES string of the molecule is Cc1cnc2[nH]c(C3CCNCC3)cc2c1. The third-order valence-corrected chi connectivity index (χ3v) is 3.41. The molecule has 0 radical (unpaired) electrons. The van der Waals surface area contributed by atoms with Crippen molar-refractivity contribution in [3.05, 3.63) is 29.6 Å². The quantitative estimate of drug-likeness (QED) is 0.766. The van der Waals surface area contributed by atoms with E-state index in [1.165, 1.54) is 29.5 Å². The van der Waals surface area contributed by atoms with E-state index in [2.05, 4.69) is 34.3 Å². The van der Waals surface area contributed by atoms with Crippen molar-refractivity contribution in [1.29, 1.82) is 0 Å². The molecule has 2 aromatic heterocycles. The van der Waals surface area contributed by atoms with E-state index in [-0.39, 0.29) is 0 Å². The molecule has 1 saturated heterocycles. The zero-order valence-electron chi connectivity index (χ0n) is 9.59. The number of piperidine rings is 1. The molecule has 0 saturated carbocycles. The first-order valence-electron chi connectivity index (χ1n) is 5.99. The molecule has 3 nitrogen and oxygen atoms in total. The van der Waals surface area contributed by atoms with Crippen LogP contribution in [0.2, 0.25) is 0 Å². The highest BCUT2D eigenvalue weighted by Crippen LogP contribution is 2.27. The van der Waals surface area contributed by atoms with Crippen LogP contribution in [0.3, 0.4) is 0 Å². The Morgan fingerprint density at radius 2 is 2.06 bits per heavy atom. The van der Waals surface area contributed by atoms with Gasteiger partial charge in [0.05, 0.1) is 0 Å². The van der Waals surface area contributed by atoms with Gasteiger partial charge in [0.1, 0.15) is 5.65 Å². The molecule has 2 N–H and O–H groups in total. The van der Waals surface area contributed by atoms with Gasteiger partial charge in [-0.15, -0.1) is 0 Å². The van der Waals surface area contributed by atoms with E-state index in [1.54, 1.807) is 0 Å². The van der Waals surface area contributed by atoms with Crippen LogP contribution < -0.4 is 5.32 Å². The van der Waals surface area contributed by atoms with Crippen molar-refractivity contribution >= 4 is 11.0 Å².